The van der Waals surface area contributed by atoms with Gasteiger partial charge in [0.25, 0.3) is 0 Å². The van der Waals surface area contributed by atoms with Gasteiger partial charge in [-0.15, -0.1) is 0 Å². The molecule has 9 heteroatoms. The maximum atomic E-state index is 4.59. The van der Waals surface area contributed by atoms with Gasteiger partial charge in [0.1, 0.15) is 11.6 Å². The molecule has 0 fully saturated rings. The van der Waals surface area contributed by atoms with Crippen molar-refractivity contribution in [2.45, 2.75) is 0 Å². The molecule has 43 heavy (non-hydrogen) atoms. The molecule has 0 aliphatic heterocycles. The summed E-state index contributed by atoms with van der Waals surface area (Å²) < 4.78 is 6.75. The van der Waals surface area contributed by atoms with Crippen LogP contribution in [-0.4, -0.2) is 19.1 Å². The summed E-state index contributed by atoms with van der Waals surface area (Å²) in [6.45, 7) is 0. The van der Waals surface area contributed by atoms with Gasteiger partial charge in [0, 0.05) is 42.7 Å². The summed E-state index contributed by atoms with van der Waals surface area (Å²) in [7, 11) is 0. The molecular weight excluding hydrogens is 989 g/mol. The van der Waals surface area contributed by atoms with E-state index in [1.807, 2.05) is 12.4 Å². The summed E-state index contributed by atoms with van der Waals surface area (Å²) in [6.07, 6.45) is 8.03. The number of hydrogen-bond acceptors (Lipinski definition) is 2. The molecule has 4 heterocycles. The first kappa shape index (κ1) is 34.6. The van der Waals surface area contributed by atoms with Crippen molar-refractivity contribution in [3.8, 4) is 11.6 Å². The van der Waals surface area contributed by atoms with Crippen molar-refractivity contribution in [1.29, 1.82) is 0 Å². The average molecular weight is 1010 g/mol. The monoisotopic (exact) mass is 1010 g/mol. The van der Waals surface area contributed by atoms with Crippen LogP contribution in [0.4, 0.5) is 0 Å². The van der Waals surface area contributed by atoms with Crippen LogP contribution < -0.4 is 77.5 Å². The Morgan fingerprint density at radius 2 is 1.02 bits per heavy atom. The Hall–Kier alpha value is -1.30. The average Bonchev–Trinajstić information content (AvgIpc) is 3.62. The van der Waals surface area contributed by atoms with Gasteiger partial charge in [-0.05, 0) is 127 Å². The summed E-state index contributed by atoms with van der Waals surface area (Å²) >= 11 is 4.68. The Kier molecular flexibility index (Phi) is 12.3. The second-order valence-corrected chi connectivity index (χ2v) is 12.0. The number of para-hydroxylation sites is 2. The Balaban J connectivity index is 0.000000184. The summed E-state index contributed by atoms with van der Waals surface area (Å²) in [5, 5.41) is 7.25. The van der Waals surface area contributed by atoms with Crippen LogP contribution in [0.3, 0.4) is 0 Å². The second-order valence-electron chi connectivity index (χ2n) is 9.56. The predicted molar refractivity (Wildman–Crippen MR) is 183 cm³/mol. The standard InChI is InChI=1S/2C17H11IN2.2HI.Na/c2*18-15-6-5-13-11-19-17(10-14(13)9-15)20-8-7-12-3-1-2-4-16(12)20;;;/h2*1-11H;2*1H;/q;;;;+1/p-2/i18-3;;1-3;;. The second kappa shape index (κ2) is 15.3. The van der Waals surface area contributed by atoms with Crippen LogP contribution in [0, 0.1) is 7.14 Å². The number of aromatic nitrogens is 4. The smallest absolute Gasteiger partial charge is 1.00 e. The van der Waals surface area contributed by atoms with E-state index in [1.165, 1.54) is 50.5 Å². The van der Waals surface area contributed by atoms with Crippen molar-refractivity contribution in [3.05, 3.63) is 141 Å². The summed E-state index contributed by atoms with van der Waals surface area (Å²) in [4.78, 5) is 9.18. The van der Waals surface area contributed by atoms with E-state index in [2.05, 4.69) is 186 Å². The molecule has 0 amide bonds. The first-order valence-electron chi connectivity index (χ1n) is 12.9. The summed E-state index contributed by atoms with van der Waals surface area (Å²) in [5.41, 5.74) is 2.37. The molecule has 0 N–H and O–H groups in total. The van der Waals surface area contributed by atoms with Crippen LogP contribution in [0.15, 0.2) is 134 Å². The molecule has 0 radical (unpaired) electrons. The molecule has 4 aromatic carbocycles. The number of halogens is 4. The third kappa shape index (κ3) is 7.41. The van der Waals surface area contributed by atoms with E-state index in [1.54, 1.807) is 0 Å². The third-order valence-electron chi connectivity index (χ3n) is 7.03. The molecule has 8 rings (SSSR count). The van der Waals surface area contributed by atoms with Crippen LogP contribution in [0.5, 0.6) is 0 Å². The van der Waals surface area contributed by atoms with Gasteiger partial charge in [0.2, 0.25) is 0 Å². The summed E-state index contributed by atoms with van der Waals surface area (Å²) in [6, 6.07) is 38.1. The zero-order chi connectivity index (χ0) is 27.1. The van der Waals surface area contributed by atoms with Gasteiger partial charge in [-0.25, -0.2) is 9.97 Å². The van der Waals surface area contributed by atoms with E-state index >= 15 is 0 Å². The number of benzene rings is 4. The Morgan fingerprint density at radius 1 is 0.535 bits per heavy atom. The van der Waals surface area contributed by atoms with Gasteiger partial charge in [-0.1, -0.05) is 48.5 Å². The van der Waals surface area contributed by atoms with E-state index in [0.29, 0.717) is 0 Å². The molecule has 208 valence electrons. The molecule has 4 nitrogen and oxygen atoms in total. The number of hydrogen-bond donors (Lipinski definition) is 0. The number of rotatable bonds is 2. The van der Waals surface area contributed by atoms with Gasteiger partial charge < -0.3 is 57.1 Å². The third-order valence-corrected chi connectivity index (χ3v) is 8.37. The van der Waals surface area contributed by atoms with Crippen LogP contribution in [-0.2, 0) is 0 Å². The van der Waals surface area contributed by atoms with Gasteiger partial charge in [-0.3, -0.25) is 0 Å². The predicted octanol–water partition coefficient (Wildman–Crippen LogP) is 0.579. The summed E-state index contributed by atoms with van der Waals surface area (Å²) in [5.74, 6) is 1.92. The minimum Gasteiger partial charge on any atom is -1.00 e. The fourth-order valence-corrected chi connectivity index (χ4v) is 6.06. The van der Waals surface area contributed by atoms with E-state index in [-0.39, 0.29) is 77.5 Å². The van der Waals surface area contributed by atoms with Crippen LogP contribution in [0.25, 0.3) is 55.0 Å². The number of nitrogens with zero attached hydrogens (tertiary/aromatic N) is 4. The van der Waals surface area contributed by atoms with Crippen molar-refractivity contribution in [3.63, 3.8) is 0 Å². The van der Waals surface area contributed by atoms with E-state index in [0.717, 1.165) is 11.6 Å². The van der Waals surface area contributed by atoms with Crippen molar-refractivity contribution < 1.29 is 77.5 Å². The zero-order valence-corrected chi connectivity index (χ0v) is 33.6. The van der Waals surface area contributed by atoms with Gasteiger partial charge >= 0.3 is 29.6 Å². The van der Waals surface area contributed by atoms with Gasteiger partial charge in [0.05, 0.1) is 11.0 Å². The fourth-order valence-electron chi connectivity index (χ4n) is 5.03. The minimum absolute atomic E-state index is 0. The maximum absolute atomic E-state index is 4.59. The topological polar surface area (TPSA) is 35.6 Å². The molecule has 8 aromatic rings. The molecule has 0 bridgehead atoms. The minimum atomic E-state index is 0. The SMILES string of the molecule is Ic1ccc2cnc(-n3ccc4ccccc43)cc2c1.[124I-].[124I]c1ccc2cnc(-n3ccc4ccccc43)cc2c1.[I-].[Na+]. The van der Waals surface area contributed by atoms with Crippen LogP contribution >= 0.6 is 45.2 Å². The normalized spacial score (nSPS) is 10.5. The molecule has 0 aliphatic rings. The van der Waals surface area contributed by atoms with Crippen molar-refractivity contribution in [1.82, 2.24) is 19.1 Å². The van der Waals surface area contributed by atoms with Crippen molar-refractivity contribution in [2.75, 3.05) is 0 Å². The Labute approximate surface area is 333 Å². The zero-order valence-electron chi connectivity index (χ0n) is 23.0. The molecule has 0 spiro atoms. The molecule has 0 saturated heterocycles. The quantitative estimate of drug-likeness (QED) is 0.188. The van der Waals surface area contributed by atoms with Crippen molar-refractivity contribution >= 4 is 88.5 Å². The van der Waals surface area contributed by atoms with Crippen molar-refractivity contribution in [2.24, 2.45) is 0 Å². The fraction of sp³-hybridized carbons (Fsp3) is 0. The number of fused-ring (bicyclic) bond motifs is 4. The molecule has 0 atom stereocenters. The molecule has 4 aromatic heterocycles. The molecule has 0 saturated carbocycles. The van der Waals surface area contributed by atoms with Gasteiger partial charge in [-0.2, -0.15) is 0 Å². The largest absolute Gasteiger partial charge is 1.00 e. The molecule has 0 unspecified atom stereocenters. The van der Waals surface area contributed by atoms with Crippen LogP contribution in [0.1, 0.15) is 0 Å². The maximum Gasteiger partial charge on any atom is 1.00 e. The first-order valence-corrected chi connectivity index (χ1v) is 15.0. The number of pyridine rings is 2. The van der Waals surface area contributed by atoms with Gasteiger partial charge in [0.15, 0.2) is 0 Å². The Bertz CT molecular complexity index is 2020. The molecule has 0 aliphatic carbocycles. The van der Waals surface area contributed by atoms with E-state index < -0.39 is 0 Å². The van der Waals surface area contributed by atoms with E-state index in [9.17, 15) is 0 Å². The first-order chi connectivity index (χ1) is 19.6. The van der Waals surface area contributed by atoms with E-state index in [4.69, 9.17) is 0 Å². The van der Waals surface area contributed by atoms with Crippen LogP contribution in [0.2, 0.25) is 0 Å². The Morgan fingerprint density at radius 3 is 1.58 bits per heavy atom. The molecular formula is C34H22I4N4Na-.